The fraction of sp³-hybridized carbons (Fsp3) is 0.143. The average molecular weight is 512 g/mol. The zero-order valence-electron chi connectivity index (χ0n) is 19.8. The molecule has 2 aromatic heterocycles. The maximum Gasteiger partial charge on any atom is 0.338 e. The minimum absolute atomic E-state index is 0.114. The Bertz CT molecular complexity index is 1710. The van der Waals surface area contributed by atoms with E-state index in [2.05, 4.69) is 4.98 Å². The molecule has 6 rings (SSSR count). The lowest BCUT2D eigenvalue weighted by molar-refractivity contribution is -0.138. The normalized spacial score (nSPS) is 16.4. The van der Waals surface area contributed by atoms with E-state index >= 15 is 0 Å². The predicted octanol–water partition coefficient (Wildman–Crippen LogP) is 3.06. The molecule has 0 saturated heterocycles. The van der Waals surface area contributed by atoms with E-state index in [9.17, 15) is 9.59 Å². The van der Waals surface area contributed by atoms with E-state index in [-0.39, 0.29) is 24.5 Å². The van der Waals surface area contributed by atoms with Gasteiger partial charge in [0.25, 0.3) is 5.56 Å². The molecule has 4 heterocycles. The number of aromatic nitrogens is 2. The van der Waals surface area contributed by atoms with E-state index < -0.39 is 12.0 Å². The summed E-state index contributed by atoms with van der Waals surface area (Å²) >= 11 is 1.26. The molecule has 2 aromatic carbocycles. The Morgan fingerprint density at radius 2 is 1.97 bits per heavy atom. The predicted molar refractivity (Wildman–Crippen MR) is 138 cm³/mol. The standard InChI is InChI=1S/C28H21N3O5S/c1-2-34-27(33)23-24(18-8-4-3-5-9-18)30-28-31(25(23)19-10-11-20-21(14-19)36-16-35-20)26(32)22(37-28)13-17-7-6-12-29-15-17/h3-15,25H,2,16H2,1H3/b22-13-/t25-/m0/s1. The molecule has 2 aliphatic heterocycles. The van der Waals surface area contributed by atoms with Crippen LogP contribution < -0.4 is 24.4 Å². The summed E-state index contributed by atoms with van der Waals surface area (Å²) in [7, 11) is 0. The van der Waals surface area contributed by atoms with Crippen molar-refractivity contribution < 1.29 is 19.0 Å². The lowest BCUT2D eigenvalue weighted by Crippen LogP contribution is -2.40. The fourth-order valence-corrected chi connectivity index (χ4v) is 5.45. The van der Waals surface area contributed by atoms with Crippen LogP contribution >= 0.6 is 11.3 Å². The number of hydrogen-bond donors (Lipinski definition) is 0. The van der Waals surface area contributed by atoms with Gasteiger partial charge in [0, 0.05) is 18.0 Å². The Morgan fingerprint density at radius 1 is 1.14 bits per heavy atom. The summed E-state index contributed by atoms with van der Waals surface area (Å²) in [5.74, 6) is 0.628. The molecule has 0 bridgehead atoms. The molecule has 8 nitrogen and oxygen atoms in total. The lowest BCUT2D eigenvalue weighted by atomic mass is 9.93. The van der Waals surface area contributed by atoms with Crippen LogP contribution in [0.2, 0.25) is 0 Å². The van der Waals surface area contributed by atoms with Gasteiger partial charge in [0.05, 0.1) is 28.5 Å². The third-order valence-corrected chi connectivity index (χ3v) is 7.05. The van der Waals surface area contributed by atoms with E-state index in [1.54, 1.807) is 42.1 Å². The van der Waals surface area contributed by atoms with Crippen LogP contribution in [-0.4, -0.2) is 28.9 Å². The van der Waals surface area contributed by atoms with Gasteiger partial charge in [0.15, 0.2) is 16.3 Å². The number of nitrogens with zero attached hydrogens (tertiary/aromatic N) is 3. The van der Waals surface area contributed by atoms with Crippen LogP contribution in [0.3, 0.4) is 0 Å². The number of hydrogen-bond acceptors (Lipinski definition) is 8. The first-order chi connectivity index (χ1) is 18.1. The smallest absolute Gasteiger partial charge is 0.338 e. The molecule has 0 aliphatic carbocycles. The second kappa shape index (κ2) is 9.51. The molecule has 0 saturated carbocycles. The highest BCUT2D eigenvalue weighted by Gasteiger charge is 2.36. The van der Waals surface area contributed by atoms with Crippen molar-refractivity contribution in [3.8, 4) is 11.5 Å². The third kappa shape index (κ3) is 4.13. The molecule has 1 atom stereocenters. The highest BCUT2D eigenvalue weighted by molar-refractivity contribution is 7.07. The quantitative estimate of drug-likeness (QED) is 0.383. The van der Waals surface area contributed by atoms with Crippen LogP contribution in [0.25, 0.3) is 11.8 Å². The van der Waals surface area contributed by atoms with E-state index in [1.807, 2.05) is 48.5 Å². The van der Waals surface area contributed by atoms with Gasteiger partial charge < -0.3 is 14.2 Å². The average Bonchev–Trinajstić information content (AvgIpc) is 3.52. The molecule has 37 heavy (non-hydrogen) atoms. The van der Waals surface area contributed by atoms with Gasteiger partial charge in [-0.05, 0) is 42.3 Å². The van der Waals surface area contributed by atoms with Gasteiger partial charge in [-0.1, -0.05) is 53.8 Å². The van der Waals surface area contributed by atoms with E-state index in [4.69, 9.17) is 19.2 Å². The molecule has 0 spiro atoms. The van der Waals surface area contributed by atoms with Crippen molar-refractivity contribution in [2.75, 3.05) is 13.4 Å². The van der Waals surface area contributed by atoms with Crippen molar-refractivity contribution >= 4 is 29.1 Å². The van der Waals surface area contributed by atoms with Crippen LogP contribution in [0.4, 0.5) is 0 Å². The molecule has 9 heteroatoms. The summed E-state index contributed by atoms with van der Waals surface area (Å²) in [6, 6.07) is 17.8. The first-order valence-electron chi connectivity index (χ1n) is 11.7. The molecule has 0 amide bonds. The summed E-state index contributed by atoms with van der Waals surface area (Å²) in [4.78, 5) is 36.8. The number of thiazole rings is 1. The first-order valence-corrected chi connectivity index (χ1v) is 12.5. The van der Waals surface area contributed by atoms with Gasteiger partial charge in [0.2, 0.25) is 6.79 Å². The number of esters is 1. The zero-order chi connectivity index (χ0) is 25.4. The fourth-order valence-electron chi connectivity index (χ4n) is 4.45. The molecule has 0 N–H and O–H groups in total. The van der Waals surface area contributed by atoms with Crippen LogP contribution in [0.15, 0.2) is 88.4 Å². The Kier molecular flexibility index (Phi) is 5.90. The lowest BCUT2D eigenvalue weighted by Gasteiger charge is -2.26. The SMILES string of the molecule is CCOC(=O)C1=C(c2ccccc2)N=c2s/c(=C\c3cccnc3)c(=O)n2[C@H]1c1ccc2c(c1)OCO2. The Balaban J connectivity index is 1.66. The van der Waals surface area contributed by atoms with Gasteiger partial charge >= 0.3 is 5.97 Å². The molecular formula is C28H21N3O5S. The number of carbonyl (C=O) groups excluding carboxylic acids is 1. The molecule has 0 unspecified atom stereocenters. The van der Waals surface area contributed by atoms with Crippen LogP contribution in [0, 0.1) is 0 Å². The number of ether oxygens (including phenoxy) is 3. The Morgan fingerprint density at radius 3 is 2.76 bits per heavy atom. The van der Waals surface area contributed by atoms with Crippen molar-refractivity contribution in [2.45, 2.75) is 13.0 Å². The maximum atomic E-state index is 13.8. The van der Waals surface area contributed by atoms with E-state index in [0.29, 0.717) is 32.1 Å². The molecule has 2 aliphatic rings. The highest BCUT2D eigenvalue weighted by atomic mass is 32.1. The second-order valence-electron chi connectivity index (χ2n) is 8.33. The summed E-state index contributed by atoms with van der Waals surface area (Å²) in [6.07, 6.45) is 5.15. The van der Waals surface area contributed by atoms with E-state index in [1.165, 1.54) is 11.3 Å². The second-order valence-corrected chi connectivity index (χ2v) is 9.34. The van der Waals surface area contributed by atoms with Gasteiger partial charge in [0.1, 0.15) is 0 Å². The van der Waals surface area contributed by atoms with Crippen molar-refractivity contribution in [2.24, 2.45) is 4.99 Å². The van der Waals surface area contributed by atoms with Crippen molar-refractivity contribution in [1.29, 1.82) is 0 Å². The molecular weight excluding hydrogens is 490 g/mol. The van der Waals surface area contributed by atoms with Gasteiger partial charge in [-0.25, -0.2) is 9.79 Å². The minimum atomic E-state index is -0.781. The molecule has 4 aromatic rings. The van der Waals surface area contributed by atoms with Gasteiger partial charge in [-0.2, -0.15) is 0 Å². The summed E-state index contributed by atoms with van der Waals surface area (Å²) in [5, 5.41) is 0. The van der Waals surface area contributed by atoms with Gasteiger partial charge in [-0.15, -0.1) is 0 Å². The largest absolute Gasteiger partial charge is 0.463 e. The summed E-state index contributed by atoms with van der Waals surface area (Å²) in [6.45, 7) is 2.05. The third-order valence-electron chi connectivity index (χ3n) is 6.07. The Labute approximate surface area is 215 Å². The molecule has 184 valence electrons. The topological polar surface area (TPSA) is 92.0 Å². The number of pyridine rings is 1. The minimum Gasteiger partial charge on any atom is -0.463 e. The maximum absolute atomic E-state index is 13.8. The number of fused-ring (bicyclic) bond motifs is 2. The molecule has 0 radical (unpaired) electrons. The summed E-state index contributed by atoms with van der Waals surface area (Å²) < 4.78 is 18.6. The Hall–Kier alpha value is -4.50. The van der Waals surface area contributed by atoms with E-state index in [0.717, 1.165) is 11.1 Å². The van der Waals surface area contributed by atoms with Gasteiger partial charge in [-0.3, -0.25) is 14.3 Å². The number of rotatable bonds is 5. The highest BCUT2D eigenvalue weighted by Crippen LogP contribution is 2.39. The summed E-state index contributed by atoms with van der Waals surface area (Å²) in [5.41, 5.74) is 2.72. The van der Waals surface area contributed by atoms with Crippen molar-refractivity contribution in [3.63, 3.8) is 0 Å². The van der Waals surface area contributed by atoms with Crippen molar-refractivity contribution in [3.05, 3.63) is 115 Å². The van der Waals surface area contributed by atoms with Crippen LogP contribution in [0.1, 0.15) is 29.7 Å². The zero-order valence-corrected chi connectivity index (χ0v) is 20.6. The van der Waals surface area contributed by atoms with Crippen molar-refractivity contribution in [1.82, 2.24) is 9.55 Å². The molecule has 0 fully saturated rings. The van der Waals surface area contributed by atoms with Crippen LogP contribution in [-0.2, 0) is 9.53 Å². The monoisotopic (exact) mass is 511 g/mol. The number of benzene rings is 2. The first kappa shape index (κ1) is 22.9. The van der Waals surface area contributed by atoms with Crippen LogP contribution in [0.5, 0.6) is 11.5 Å². The number of carbonyl (C=O) groups is 1.